The zero-order valence-corrected chi connectivity index (χ0v) is 9.44. The molecule has 0 aliphatic heterocycles. The van der Waals surface area contributed by atoms with Crippen LogP contribution in [0.3, 0.4) is 0 Å². The highest BCUT2D eigenvalue weighted by Gasteiger charge is 2.36. The molecule has 0 saturated heterocycles. The summed E-state index contributed by atoms with van der Waals surface area (Å²) in [6.07, 6.45) is 3.22. The Morgan fingerprint density at radius 1 is 1.50 bits per heavy atom. The van der Waals surface area contributed by atoms with Gasteiger partial charge in [-0.1, -0.05) is 11.6 Å². The van der Waals surface area contributed by atoms with Crippen LogP contribution in [0, 0.1) is 0 Å². The Bertz CT molecular complexity index is 318. The third kappa shape index (κ3) is 1.82. The number of rotatable bonds is 1. The minimum atomic E-state index is -0.721. The highest BCUT2D eigenvalue weighted by atomic mass is 35.5. The molecule has 2 nitrogen and oxygen atoms in total. The lowest BCUT2D eigenvalue weighted by Gasteiger charge is -2.34. The van der Waals surface area contributed by atoms with Crippen LogP contribution in [-0.4, -0.2) is 11.1 Å². The summed E-state index contributed by atoms with van der Waals surface area (Å²) in [5.74, 6) is 0. The molecule has 4 heteroatoms. The summed E-state index contributed by atoms with van der Waals surface area (Å²) in [5.41, 5.74) is 5.09. The fourth-order valence-corrected chi connectivity index (χ4v) is 3.36. The minimum absolute atomic E-state index is 0.244. The average molecular weight is 232 g/mol. The van der Waals surface area contributed by atoms with E-state index in [0.717, 1.165) is 30.6 Å². The zero-order valence-electron chi connectivity index (χ0n) is 7.87. The van der Waals surface area contributed by atoms with Crippen molar-refractivity contribution in [3.63, 3.8) is 0 Å². The molecule has 0 radical (unpaired) electrons. The summed E-state index contributed by atoms with van der Waals surface area (Å²) in [4.78, 5) is 0.908. The molecule has 1 aliphatic rings. The van der Waals surface area contributed by atoms with E-state index in [2.05, 4.69) is 0 Å². The van der Waals surface area contributed by atoms with Gasteiger partial charge in [-0.25, -0.2) is 0 Å². The van der Waals surface area contributed by atoms with Crippen molar-refractivity contribution in [1.29, 1.82) is 0 Å². The van der Waals surface area contributed by atoms with Crippen LogP contribution in [0.4, 0.5) is 0 Å². The van der Waals surface area contributed by atoms with Crippen molar-refractivity contribution in [2.75, 3.05) is 0 Å². The topological polar surface area (TPSA) is 46.2 Å². The quantitative estimate of drug-likeness (QED) is 0.780. The van der Waals surface area contributed by atoms with E-state index >= 15 is 0 Å². The molecule has 0 bridgehead atoms. The van der Waals surface area contributed by atoms with E-state index in [1.165, 1.54) is 11.3 Å². The monoisotopic (exact) mass is 231 g/mol. The molecule has 1 aromatic rings. The molecule has 0 atom stereocenters. The fourth-order valence-electron chi connectivity index (χ4n) is 1.97. The van der Waals surface area contributed by atoms with Crippen molar-refractivity contribution in [2.45, 2.75) is 37.3 Å². The number of nitrogens with two attached hydrogens (primary N) is 1. The first-order valence-electron chi connectivity index (χ1n) is 4.83. The summed E-state index contributed by atoms with van der Waals surface area (Å²) in [6, 6.07) is 2.09. The van der Waals surface area contributed by atoms with E-state index in [0.29, 0.717) is 5.02 Å². The molecular weight excluding hydrogens is 218 g/mol. The molecule has 1 aromatic heterocycles. The van der Waals surface area contributed by atoms with E-state index in [1.54, 1.807) is 0 Å². The lowest BCUT2D eigenvalue weighted by Crippen LogP contribution is -2.36. The lowest BCUT2D eigenvalue weighted by atomic mass is 9.81. The summed E-state index contributed by atoms with van der Waals surface area (Å²) < 4.78 is 0. The predicted octanol–water partition coefficient (Wildman–Crippen LogP) is 2.49. The van der Waals surface area contributed by atoms with Crippen LogP contribution in [0.2, 0.25) is 5.02 Å². The van der Waals surface area contributed by atoms with E-state index in [1.807, 2.05) is 11.4 Å². The van der Waals surface area contributed by atoms with E-state index in [9.17, 15) is 5.11 Å². The van der Waals surface area contributed by atoms with Crippen molar-refractivity contribution in [1.82, 2.24) is 0 Å². The Labute approximate surface area is 92.7 Å². The molecule has 78 valence electrons. The van der Waals surface area contributed by atoms with Crippen LogP contribution in [0.5, 0.6) is 0 Å². The van der Waals surface area contributed by atoms with Gasteiger partial charge in [0.1, 0.15) is 5.60 Å². The molecule has 0 aromatic carbocycles. The fraction of sp³-hybridized carbons (Fsp3) is 0.600. The normalized spacial score (nSPS) is 33.2. The largest absolute Gasteiger partial charge is 0.384 e. The van der Waals surface area contributed by atoms with Crippen molar-refractivity contribution >= 4 is 22.9 Å². The number of halogens is 1. The van der Waals surface area contributed by atoms with Crippen LogP contribution in [0.1, 0.15) is 30.6 Å². The second-order valence-electron chi connectivity index (χ2n) is 3.97. The summed E-state index contributed by atoms with van der Waals surface area (Å²) in [6.45, 7) is 0. The van der Waals surface area contributed by atoms with Gasteiger partial charge in [-0.15, -0.1) is 11.3 Å². The van der Waals surface area contributed by atoms with Gasteiger partial charge in [0.25, 0.3) is 0 Å². The van der Waals surface area contributed by atoms with Crippen LogP contribution in [0.25, 0.3) is 0 Å². The summed E-state index contributed by atoms with van der Waals surface area (Å²) >= 11 is 7.55. The van der Waals surface area contributed by atoms with E-state index in [-0.39, 0.29) is 6.04 Å². The van der Waals surface area contributed by atoms with Gasteiger partial charge >= 0.3 is 0 Å². The maximum Gasteiger partial charge on any atom is 0.100 e. The Hall–Kier alpha value is -0.0900. The molecule has 1 heterocycles. The maximum absolute atomic E-state index is 10.4. The average Bonchev–Trinajstić information content (AvgIpc) is 2.58. The van der Waals surface area contributed by atoms with Crippen LogP contribution >= 0.6 is 22.9 Å². The molecule has 3 N–H and O–H groups in total. The second-order valence-corrected chi connectivity index (χ2v) is 5.29. The third-order valence-corrected chi connectivity index (χ3v) is 4.43. The summed E-state index contributed by atoms with van der Waals surface area (Å²) in [5, 5.41) is 13.0. The van der Waals surface area contributed by atoms with Gasteiger partial charge in [-0.05, 0) is 37.1 Å². The molecular formula is C10H14ClNOS. The predicted molar refractivity (Wildman–Crippen MR) is 59.7 cm³/mol. The highest BCUT2D eigenvalue weighted by molar-refractivity contribution is 7.10. The molecule has 0 amide bonds. The zero-order chi connectivity index (χ0) is 10.2. The van der Waals surface area contributed by atoms with Crippen molar-refractivity contribution in [3.8, 4) is 0 Å². The molecule has 14 heavy (non-hydrogen) atoms. The van der Waals surface area contributed by atoms with Gasteiger partial charge in [0.2, 0.25) is 0 Å². The highest BCUT2D eigenvalue weighted by Crippen LogP contribution is 2.42. The Kier molecular flexibility index (Phi) is 2.84. The first-order chi connectivity index (χ1) is 6.62. The van der Waals surface area contributed by atoms with Gasteiger partial charge < -0.3 is 10.8 Å². The van der Waals surface area contributed by atoms with Crippen molar-refractivity contribution in [2.24, 2.45) is 5.73 Å². The first-order valence-corrected chi connectivity index (χ1v) is 6.09. The molecule has 0 spiro atoms. The first kappa shape index (κ1) is 10.4. The van der Waals surface area contributed by atoms with Gasteiger partial charge in [-0.3, -0.25) is 0 Å². The van der Waals surface area contributed by atoms with Gasteiger partial charge in [0, 0.05) is 6.04 Å². The Balaban J connectivity index is 2.21. The van der Waals surface area contributed by atoms with Crippen molar-refractivity contribution < 1.29 is 5.11 Å². The third-order valence-electron chi connectivity index (χ3n) is 2.90. The van der Waals surface area contributed by atoms with E-state index < -0.39 is 5.60 Å². The summed E-state index contributed by atoms with van der Waals surface area (Å²) in [7, 11) is 0. The van der Waals surface area contributed by atoms with Crippen LogP contribution < -0.4 is 5.73 Å². The number of hydrogen-bond acceptors (Lipinski definition) is 3. The molecule has 1 aliphatic carbocycles. The second kappa shape index (κ2) is 3.81. The SMILES string of the molecule is NC1CCC(O)(c2sccc2Cl)CC1. The Morgan fingerprint density at radius 3 is 2.64 bits per heavy atom. The smallest absolute Gasteiger partial charge is 0.100 e. The number of aliphatic hydroxyl groups is 1. The lowest BCUT2D eigenvalue weighted by molar-refractivity contribution is -0.00148. The van der Waals surface area contributed by atoms with Gasteiger partial charge in [0.15, 0.2) is 0 Å². The standard InChI is InChI=1S/C10H14ClNOS/c11-8-3-6-14-9(8)10(13)4-1-7(12)2-5-10/h3,6-7,13H,1-2,4-5,12H2. The molecule has 0 unspecified atom stereocenters. The molecule has 2 rings (SSSR count). The molecule has 1 saturated carbocycles. The van der Waals surface area contributed by atoms with Gasteiger partial charge in [0.05, 0.1) is 9.90 Å². The van der Waals surface area contributed by atoms with Crippen LogP contribution in [-0.2, 0) is 5.60 Å². The Morgan fingerprint density at radius 2 is 2.14 bits per heavy atom. The van der Waals surface area contributed by atoms with Crippen molar-refractivity contribution in [3.05, 3.63) is 21.3 Å². The minimum Gasteiger partial charge on any atom is -0.384 e. The number of hydrogen-bond donors (Lipinski definition) is 2. The number of thiophene rings is 1. The van der Waals surface area contributed by atoms with Crippen LogP contribution in [0.15, 0.2) is 11.4 Å². The van der Waals surface area contributed by atoms with Gasteiger partial charge in [-0.2, -0.15) is 0 Å². The maximum atomic E-state index is 10.4. The van der Waals surface area contributed by atoms with E-state index in [4.69, 9.17) is 17.3 Å². The molecule has 1 fully saturated rings.